The summed E-state index contributed by atoms with van der Waals surface area (Å²) < 4.78 is 4.53. The van der Waals surface area contributed by atoms with Crippen LogP contribution >= 0.6 is 0 Å². The predicted octanol–water partition coefficient (Wildman–Crippen LogP) is 4.14. The van der Waals surface area contributed by atoms with Crippen molar-refractivity contribution in [3.8, 4) is 0 Å². The monoisotopic (exact) mass is 452 g/mol. The Labute approximate surface area is 199 Å². The van der Waals surface area contributed by atoms with Gasteiger partial charge in [-0.05, 0) is 81.2 Å². The third-order valence-corrected chi connectivity index (χ3v) is 6.26. The first-order chi connectivity index (χ1) is 16.2. The van der Waals surface area contributed by atoms with Gasteiger partial charge in [-0.2, -0.15) is 0 Å². The van der Waals surface area contributed by atoms with Crippen LogP contribution < -0.4 is 10.6 Å². The lowest BCUT2D eigenvalue weighted by molar-refractivity contribution is 0.170. The topological polar surface area (TPSA) is 56.8 Å². The highest BCUT2D eigenvalue weighted by molar-refractivity contribution is 5.66. The number of alkyl carbamates (subject to hydrolysis) is 1. The second-order valence-corrected chi connectivity index (χ2v) is 8.97. The van der Waals surface area contributed by atoms with Crippen molar-refractivity contribution in [2.45, 2.75) is 51.9 Å². The number of nitrogens with zero attached hydrogens (tertiary/aromatic N) is 2. The Bertz CT molecular complexity index is 811. The van der Waals surface area contributed by atoms with Gasteiger partial charge >= 0.3 is 6.09 Å². The first-order valence-electron chi connectivity index (χ1n) is 12.2. The molecule has 1 amide bonds. The molecule has 2 aliphatic heterocycles. The summed E-state index contributed by atoms with van der Waals surface area (Å²) in [5, 5.41) is 5.84. The number of rotatable bonds is 8. The van der Waals surface area contributed by atoms with Gasteiger partial charge in [0.2, 0.25) is 0 Å². The maximum Gasteiger partial charge on any atom is 0.407 e. The van der Waals surface area contributed by atoms with Crippen LogP contribution in [0.3, 0.4) is 0 Å². The number of likely N-dealkylation sites (tertiary alicyclic amines) is 2. The molecule has 180 valence electrons. The number of amides is 1. The minimum atomic E-state index is -0.392. The van der Waals surface area contributed by atoms with Crippen LogP contribution in [0.5, 0.6) is 0 Å². The molecule has 0 radical (unpaired) electrons. The number of hydrogen-bond acceptors (Lipinski definition) is 5. The summed E-state index contributed by atoms with van der Waals surface area (Å²) in [6, 6.07) is 17.3. The Hall–Kier alpha value is -2.41. The van der Waals surface area contributed by atoms with Crippen molar-refractivity contribution < 1.29 is 9.53 Å². The first kappa shape index (κ1) is 25.2. The summed E-state index contributed by atoms with van der Waals surface area (Å²) >= 11 is 0. The van der Waals surface area contributed by atoms with Gasteiger partial charge in [0.05, 0.1) is 7.11 Å². The summed E-state index contributed by atoms with van der Waals surface area (Å²) in [6.45, 7) is 8.61. The van der Waals surface area contributed by atoms with Gasteiger partial charge < -0.3 is 15.4 Å². The molecule has 0 spiro atoms. The van der Waals surface area contributed by atoms with Gasteiger partial charge in [-0.25, -0.2) is 4.79 Å². The molecule has 0 saturated carbocycles. The van der Waals surface area contributed by atoms with Crippen molar-refractivity contribution in [2.75, 3.05) is 40.3 Å². The van der Waals surface area contributed by atoms with Crippen molar-refractivity contribution in [1.29, 1.82) is 0 Å². The van der Waals surface area contributed by atoms with Gasteiger partial charge in [0.1, 0.15) is 0 Å². The number of methoxy groups -OCH3 is 1. The molecule has 0 bridgehead atoms. The van der Waals surface area contributed by atoms with E-state index in [1.807, 2.05) is 7.05 Å². The molecule has 6 heteroatoms. The molecule has 4 rings (SSSR count). The lowest BCUT2D eigenvalue weighted by Crippen LogP contribution is -2.22. The van der Waals surface area contributed by atoms with Crippen LogP contribution in [0.25, 0.3) is 0 Å². The van der Waals surface area contributed by atoms with E-state index in [1.165, 1.54) is 75.7 Å². The highest BCUT2D eigenvalue weighted by Crippen LogP contribution is 2.14. The molecule has 2 aliphatic rings. The molecule has 2 aromatic rings. The number of benzene rings is 2. The zero-order chi connectivity index (χ0) is 23.3. The van der Waals surface area contributed by atoms with Crippen LogP contribution in [0, 0.1) is 0 Å². The largest absolute Gasteiger partial charge is 0.453 e. The second-order valence-electron chi connectivity index (χ2n) is 8.97. The molecule has 0 aliphatic carbocycles. The van der Waals surface area contributed by atoms with E-state index >= 15 is 0 Å². The number of ether oxygens (including phenoxy) is 1. The van der Waals surface area contributed by atoms with Gasteiger partial charge in [-0.3, -0.25) is 9.80 Å². The van der Waals surface area contributed by atoms with Crippen molar-refractivity contribution in [2.24, 2.45) is 0 Å². The van der Waals surface area contributed by atoms with E-state index in [1.54, 1.807) is 0 Å². The Balaban J connectivity index is 0.000000189. The molecule has 2 N–H and O–H groups in total. The van der Waals surface area contributed by atoms with Crippen LogP contribution in [0.4, 0.5) is 4.79 Å². The van der Waals surface area contributed by atoms with E-state index in [0.29, 0.717) is 6.54 Å². The van der Waals surface area contributed by atoms with Crippen molar-refractivity contribution in [3.63, 3.8) is 0 Å². The van der Waals surface area contributed by atoms with E-state index in [0.717, 1.165) is 25.2 Å². The molecular formula is C27H40N4O2. The zero-order valence-corrected chi connectivity index (χ0v) is 20.3. The smallest absolute Gasteiger partial charge is 0.407 e. The van der Waals surface area contributed by atoms with Crippen molar-refractivity contribution in [1.82, 2.24) is 20.4 Å². The van der Waals surface area contributed by atoms with Gasteiger partial charge in [0.15, 0.2) is 0 Å². The number of nitrogens with one attached hydrogen (secondary N) is 2. The van der Waals surface area contributed by atoms with Crippen LogP contribution in [0.1, 0.15) is 47.9 Å². The van der Waals surface area contributed by atoms with Gasteiger partial charge in [-0.15, -0.1) is 0 Å². The highest BCUT2D eigenvalue weighted by atomic mass is 16.5. The van der Waals surface area contributed by atoms with Gasteiger partial charge in [0, 0.05) is 26.2 Å². The van der Waals surface area contributed by atoms with Gasteiger partial charge in [0.25, 0.3) is 0 Å². The molecule has 2 heterocycles. The molecule has 33 heavy (non-hydrogen) atoms. The average Bonchev–Trinajstić information content (AvgIpc) is 3.55. The summed E-state index contributed by atoms with van der Waals surface area (Å²) in [4.78, 5) is 16.0. The standard InChI is InChI=1S/C14H20N2O2.C13H20N2/c1-18-14(17)15-10-12-4-6-13(7-5-12)11-16-8-2-3-9-16;1-14-10-12-4-6-13(7-5-12)11-15-8-2-3-9-15/h4-7H,2-3,8-11H2,1H3,(H,15,17);4-7,14H,2-3,8-11H2,1H3. The van der Waals surface area contributed by atoms with E-state index in [2.05, 4.69) is 73.7 Å². The Morgan fingerprint density at radius 1 is 0.727 bits per heavy atom. The molecule has 0 atom stereocenters. The third-order valence-electron chi connectivity index (χ3n) is 6.26. The third kappa shape index (κ3) is 9.16. The number of carbonyl (C=O) groups is 1. The lowest BCUT2D eigenvalue weighted by Gasteiger charge is -2.14. The molecule has 6 nitrogen and oxygen atoms in total. The Morgan fingerprint density at radius 3 is 1.52 bits per heavy atom. The Kier molecular flexibility index (Phi) is 10.7. The quantitative estimate of drug-likeness (QED) is 0.630. The van der Waals surface area contributed by atoms with E-state index in [-0.39, 0.29) is 0 Å². The number of carbonyl (C=O) groups excluding carboxylic acids is 1. The lowest BCUT2D eigenvalue weighted by atomic mass is 10.1. The molecule has 2 fully saturated rings. The molecule has 2 saturated heterocycles. The second kappa shape index (κ2) is 14.0. The first-order valence-corrected chi connectivity index (χ1v) is 12.2. The molecule has 0 aromatic heterocycles. The van der Waals surface area contributed by atoms with Crippen LogP contribution in [-0.2, 0) is 30.9 Å². The fourth-order valence-corrected chi connectivity index (χ4v) is 4.37. The van der Waals surface area contributed by atoms with Crippen molar-refractivity contribution >= 4 is 6.09 Å². The maximum atomic E-state index is 10.9. The number of hydrogen-bond donors (Lipinski definition) is 2. The minimum absolute atomic E-state index is 0.392. The molecular weight excluding hydrogens is 412 g/mol. The summed E-state index contributed by atoms with van der Waals surface area (Å²) in [6.07, 6.45) is 4.99. The summed E-state index contributed by atoms with van der Waals surface area (Å²) in [5.74, 6) is 0. The summed E-state index contributed by atoms with van der Waals surface area (Å²) in [5.41, 5.74) is 5.23. The zero-order valence-electron chi connectivity index (χ0n) is 20.3. The fraction of sp³-hybridized carbons (Fsp3) is 0.519. The normalized spacial score (nSPS) is 16.3. The van der Waals surface area contributed by atoms with Crippen molar-refractivity contribution in [3.05, 3.63) is 70.8 Å². The highest BCUT2D eigenvalue weighted by Gasteiger charge is 2.12. The molecule has 0 unspecified atom stereocenters. The van der Waals surface area contributed by atoms with E-state index < -0.39 is 6.09 Å². The Morgan fingerprint density at radius 2 is 1.12 bits per heavy atom. The van der Waals surface area contributed by atoms with Crippen LogP contribution in [0.2, 0.25) is 0 Å². The van der Waals surface area contributed by atoms with E-state index in [9.17, 15) is 4.79 Å². The molecule has 2 aromatic carbocycles. The van der Waals surface area contributed by atoms with E-state index in [4.69, 9.17) is 0 Å². The average molecular weight is 453 g/mol. The SMILES string of the molecule is CNCc1ccc(CN2CCCC2)cc1.COC(=O)NCc1ccc(CN2CCCC2)cc1. The van der Waals surface area contributed by atoms with Crippen LogP contribution in [-0.4, -0.2) is 56.2 Å². The predicted molar refractivity (Wildman–Crippen MR) is 134 cm³/mol. The van der Waals surface area contributed by atoms with Gasteiger partial charge in [-0.1, -0.05) is 48.5 Å². The fourth-order valence-electron chi connectivity index (χ4n) is 4.37. The van der Waals surface area contributed by atoms with Crippen LogP contribution in [0.15, 0.2) is 48.5 Å². The summed E-state index contributed by atoms with van der Waals surface area (Å²) in [7, 11) is 3.35. The maximum absolute atomic E-state index is 10.9. The minimum Gasteiger partial charge on any atom is -0.453 e.